The number of nitrogens with zero attached hydrogens (tertiary/aromatic N) is 4. The van der Waals surface area contributed by atoms with Gasteiger partial charge in [-0.25, -0.2) is 0 Å². The van der Waals surface area contributed by atoms with E-state index in [1.807, 2.05) is 12.1 Å². The molecule has 0 aliphatic carbocycles. The first-order valence-corrected chi connectivity index (χ1v) is 14.4. The first-order chi connectivity index (χ1) is 19.2. The van der Waals surface area contributed by atoms with Gasteiger partial charge in [-0.1, -0.05) is 68.3 Å². The molecule has 0 aliphatic rings. The number of hydrogen-bond acceptors (Lipinski definition) is 2. The first-order valence-electron chi connectivity index (χ1n) is 11.3. The van der Waals surface area contributed by atoms with Gasteiger partial charge in [0.2, 0.25) is 0 Å². The molecule has 0 aromatic heterocycles. The van der Waals surface area contributed by atoms with Crippen LogP contribution in [-0.4, -0.2) is 44.0 Å². The quantitative estimate of drug-likeness (QED) is 0.0808. The Hall–Kier alpha value is -2.80. The maximum atomic E-state index is 9.75. The zero-order valence-corrected chi connectivity index (χ0v) is 28.2. The van der Waals surface area contributed by atoms with Gasteiger partial charge in [-0.3, -0.25) is 9.59 Å². The predicted molar refractivity (Wildman–Crippen MR) is 177 cm³/mol. The van der Waals surface area contributed by atoms with Crippen LogP contribution in [0.2, 0.25) is 0 Å². The fourth-order valence-corrected chi connectivity index (χ4v) is 5.49. The normalized spacial score (nSPS) is 10.4. The summed E-state index contributed by atoms with van der Waals surface area (Å²) >= 11 is 13.3. The molecule has 0 aliphatic heterocycles. The van der Waals surface area contributed by atoms with Crippen molar-refractivity contribution in [1.29, 1.82) is 0 Å². The molecule has 209 valence electrons. The van der Waals surface area contributed by atoms with Crippen molar-refractivity contribution in [2.24, 2.45) is 10.2 Å². The Bertz CT molecular complexity index is 1440. The van der Waals surface area contributed by atoms with Crippen LogP contribution in [0.3, 0.4) is 0 Å². The molecule has 2 amide bonds. The van der Waals surface area contributed by atoms with E-state index in [0.29, 0.717) is 42.7 Å². The van der Waals surface area contributed by atoms with Crippen molar-refractivity contribution in [3.63, 3.8) is 0 Å². The fourth-order valence-electron chi connectivity index (χ4n) is 2.97. The summed E-state index contributed by atoms with van der Waals surface area (Å²) in [4.78, 5) is 19.5. The Kier molecular flexibility index (Phi) is 14.5. The van der Waals surface area contributed by atoms with E-state index in [1.165, 1.54) is 12.4 Å². The maximum Gasteiger partial charge on any atom is 3.00 e. The zero-order chi connectivity index (χ0) is 29.1. The van der Waals surface area contributed by atoms with Gasteiger partial charge in [-0.05, 0) is 80.4 Å². The summed E-state index contributed by atoms with van der Waals surface area (Å²) in [7, 11) is 0. The van der Waals surface area contributed by atoms with E-state index in [2.05, 4.69) is 84.8 Å². The van der Waals surface area contributed by atoms with E-state index >= 15 is 0 Å². The molecule has 0 spiro atoms. The monoisotopic (exact) mass is 850 g/mol. The zero-order valence-electron chi connectivity index (χ0n) is 20.8. The molecular weight excluding hydrogens is 832 g/mol. The van der Waals surface area contributed by atoms with E-state index in [1.54, 1.807) is 72.8 Å². The van der Waals surface area contributed by atoms with Crippen molar-refractivity contribution < 1.29 is 36.9 Å². The summed E-state index contributed by atoms with van der Waals surface area (Å²) in [5.74, 6) is 0.294. The number of benzene rings is 4. The number of halogens is 4. The largest absolute Gasteiger partial charge is 3.00 e. The molecule has 1 radical (unpaired) electrons. The molecular formula is C28H22Br4FeN4O4+5. The molecule has 4 rings (SSSR count). The molecule has 6 N–H and O–H groups in total. The van der Waals surface area contributed by atoms with Crippen molar-refractivity contribution in [2.45, 2.75) is 0 Å². The average Bonchev–Trinajstić information content (AvgIpc) is 2.95. The van der Waals surface area contributed by atoms with Crippen LogP contribution in [-0.2, 0) is 17.1 Å². The predicted octanol–water partition coefficient (Wildman–Crippen LogP) is 7.81. The average molecular weight is 854 g/mol. The third-order valence-electron chi connectivity index (χ3n) is 4.93. The van der Waals surface area contributed by atoms with Gasteiger partial charge < -0.3 is 31.3 Å². The van der Waals surface area contributed by atoms with Gasteiger partial charge in [-0.2, -0.15) is 0 Å². The Morgan fingerprint density at radius 2 is 0.951 bits per heavy atom. The smallest absolute Gasteiger partial charge is 0.592 e. The summed E-state index contributed by atoms with van der Waals surface area (Å²) < 4.78 is 2.98. The molecule has 0 saturated heterocycles. The van der Waals surface area contributed by atoms with Gasteiger partial charge >= 0.3 is 17.1 Å². The summed E-state index contributed by atoms with van der Waals surface area (Å²) in [5, 5.41) is 23.4. The standard InChI is InChI=1S/2C14H10Br2N2O2.Fe/c2*15-11-6-10(13(19)12(16)7-11)8-17-18-14(20)9-4-2-1-3-5-9;/h2*1-8H,(H2,17,18,19,20);/q;;+3/p+2. The maximum absolute atomic E-state index is 9.75. The molecule has 0 saturated carbocycles. The van der Waals surface area contributed by atoms with Crippen LogP contribution in [0.1, 0.15) is 22.3 Å². The van der Waals surface area contributed by atoms with E-state index in [0.717, 1.165) is 8.95 Å². The van der Waals surface area contributed by atoms with Gasteiger partial charge in [0.25, 0.3) is 23.3 Å². The molecule has 13 heteroatoms. The molecule has 0 bridgehead atoms. The minimum Gasteiger partial charge on any atom is -0.592 e. The van der Waals surface area contributed by atoms with Crippen molar-refractivity contribution in [1.82, 2.24) is 0 Å². The van der Waals surface area contributed by atoms with Crippen LogP contribution in [0.15, 0.2) is 113 Å². The fraction of sp³-hybridized carbons (Fsp3) is 0. The second kappa shape index (κ2) is 17.2. The van der Waals surface area contributed by atoms with E-state index < -0.39 is 0 Å². The Balaban J connectivity index is 0.000000280. The Labute approximate surface area is 280 Å². The van der Waals surface area contributed by atoms with Gasteiger partial charge in [0.05, 0.1) is 22.3 Å². The molecule has 8 nitrogen and oxygen atoms in total. The van der Waals surface area contributed by atoms with Gasteiger partial charge in [0.1, 0.15) is 8.95 Å². The topological polar surface area (TPSA) is 142 Å². The van der Waals surface area contributed by atoms with Crippen molar-refractivity contribution in [3.05, 3.63) is 136 Å². The van der Waals surface area contributed by atoms with Crippen LogP contribution in [0.4, 0.5) is 0 Å². The molecule has 41 heavy (non-hydrogen) atoms. The molecule has 0 unspecified atom stereocenters. The van der Waals surface area contributed by atoms with Crippen LogP contribution in [0, 0.1) is 0 Å². The minimum absolute atomic E-state index is 0. The van der Waals surface area contributed by atoms with Crippen molar-refractivity contribution >= 4 is 88.0 Å². The SMILES string of the molecule is [Fe+3].[OH+]=C([N-]N=Cc1cc(Br)cc(Br)c1[OH2+])c1ccccc1.[OH+]=C([N-]N=Cc1cc(Br)cc(Br)c1[OH2+])c1ccccc1. The first kappa shape index (κ1) is 34.4. The molecule has 4 aromatic rings. The van der Waals surface area contributed by atoms with Crippen LogP contribution in [0.5, 0.6) is 11.5 Å². The van der Waals surface area contributed by atoms with Gasteiger partial charge in [0.15, 0.2) is 0 Å². The minimum atomic E-state index is -0.164. The molecule has 4 aromatic carbocycles. The molecule has 0 fully saturated rings. The van der Waals surface area contributed by atoms with Gasteiger partial charge in [0, 0.05) is 21.4 Å². The van der Waals surface area contributed by atoms with Crippen molar-refractivity contribution in [3.8, 4) is 11.5 Å². The number of carbonyl (C=O) groups excluding carboxylic acids is 2. The second-order valence-corrected chi connectivity index (χ2v) is 11.3. The van der Waals surface area contributed by atoms with Crippen LogP contribution >= 0.6 is 63.7 Å². The third kappa shape index (κ3) is 10.8. The number of hydrogen-bond donors (Lipinski definition) is 0. The number of rotatable bonds is 6. The summed E-state index contributed by atoms with van der Waals surface area (Å²) in [6.07, 6.45) is 2.86. The molecule has 0 atom stereocenters. The van der Waals surface area contributed by atoms with Crippen LogP contribution in [0.25, 0.3) is 10.9 Å². The number of amides is 2. The third-order valence-corrected chi connectivity index (χ3v) is 7.10. The van der Waals surface area contributed by atoms with Crippen LogP contribution < -0.4 is 0 Å². The van der Waals surface area contributed by atoms with Crippen molar-refractivity contribution in [2.75, 3.05) is 0 Å². The summed E-state index contributed by atoms with van der Waals surface area (Å²) in [6, 6.07) is 24.9. The molecule has 0 heterocycles. The summed E-state index contributed by atoms with van der Waals surface area (Å²) in [6.45, 7) is 0. The Morgan fingerprint density at radius 3 is 1.29 bits per heavy atom. The van der Waals surface area contributed by atoms with Gasteiger partial charge in [-0.15, -0.1) is 0 Å². The van der Waals surface area contributed by atoms with E-state index in [-0.39, 0.29) is 28.9 Å². The van der Waals surface area contributed by atoms with E-state index in [4.69, 9.17) is 10.2 Å². The summed E-state index contributed by atoms with van der Waals surface area (Å²) in [5.41, 5.74) is 9.80. The van der Waals surface area contributed by atoms with E-state index in [9.17, 15) is 9.59 Å². The second-order valence-electron chi connectivity index (χ2n) is 7.77. The Morgan fingerprint density at radius 1 is 0.610 bits per heavy atom.